The first kappa shape index (κ1) is 58.0. The molecule has 3 nitrogen and oxygen atoms in total. The molecule has 398 valence electrons. The van der Waals surface area contributed by atoms with E-state index in [0.29, 0.717) is 0 Å². The van der Waals surface area contributed by atoms with E-state index in [1.165, 1.54) is 5.56 Å². The van der Waals surface area contributed by atoms with Crippen molar-refractivity contribution in [3.8, 4) is 0 Å². The fraction of sp³-hybridized carbons (Fsp3) is 0.217. The average Bonchev–Trinajstić information content (AvgIpc) is 3.25. The molecular weight excluding hydrogens is 1070 g/mol. The number of carboxylic acid groups (broad SMARTS) is 1. The van der Waals surface area contributed by atoms with Gasteiger partial charge in [-0.15, -0.1) is 0 Å². The molecule has 6 aromatic rings. The highest BCUT2D eigenvalue weighted by Crippen LogP contribution is 2.41. The van der Waals surface area contributed by atoms with Crippen LogP contribution in [-0.4, -0.2) is 17.2 Å². The van der Waals surface area contributed by atoms with Crippen molar-refractivity contribution >= 4 is 34.0 Å². The lowest BCUT2D eigenvalue weighted by Crippen LogP contribution is -2.75. The van der Waals surface area contributed by atoms with Crippen LogP contribution < -0.4 is 26.4 Å². The molecule has 0 fully saturated rings. The molecule has 1 heterocycles. The van der Waals surface area contributed by atoms with Gasteiger partial charge in [0.1, 0.15) is 6.15 Å². The molecule has 5 aromatic carbocycles. The number of benzene rings is 5. The number of aliphatic carboxylic acids is 1. The number of hydrogen-bond donors (Lipinski definition) is 1. The van der Waals surface area contributed by atoms with E-state index >= 15 is 0 Å². The Hall–Kier alpha value is -6.90. The van der Waals surface area contributed by atoms with Crippen LogP contribution in [0.2, 0.25) is 0 Å². The average molecular weight is 1090 g/mol. The molecule has 0 radical (unpaired) electrons. The maximum atomic E-state index is 14.2. The number of carbonyl (C=O) groups is 1. The fourth-order valence-electron chi connectivity index (χ4n) is 7.75. The summed E-state index contributed by atoms with van der Waals surface area (Å²) < 4.78 is 343. The predicted molar refractivity (Wildman–Crippen MR) is 214 cm³/mol. The lowest BCUT2D eigenvalue weighted by Gasteiger charge is -2.46. The minimum atomic E-state index is -6.13. The van der Waals surface area contributed by atoms with Crippen molar-refractivity contribution in [2.75, 3.05) is 0 Å². The largest absolute Gasteiger partial charge is 0.481 e. The van der Waals surface area contributed by atoms with Gasteiger partial charge in [0, 0.05) is 17.7 Å². The Morgan fingerprint density at radius 1 is 0.351 bits per heavy atom. The van der Waals surface area contributed by atoms with Gasteiger partial charge in [-0.2, -0.15) is 127 Å². The third-order valence-electron chi connectivity index (χ3n) is 11.0. The molecule has 0 aliphatic carbocycles. The SMILES string of the molecule is FC(F)(F)c1cc([B-](c2cc(C(F)(F)F)cc(C(F)(F)F)c2)(c2cc(C(F)(F)F)cc(C(F)(F)F)c2)c2cc(C(F)(F)F)cc(C(F)(F)F)c2)cc(C(F)(F)F)c1.O=C(O)Cc1cc[n+](Cc2ccccc2)cc1. The molecule has 1 aromatic heterocycles. The van der Waals surface area contributed by atoms with Crippen LogP contribution in [0.4, 0.5) is 105 Å². The maximum absolute atomic E-state index is 14.2. The second-order valence-electron chi connectivity index (χ2n) is 16.2. The standard InChI is InChI=1S/C32H12BF24.C14H13NO2/c34-25(35,36)13-1-14(26(37,38)39)6-21(5-13)33(22-7-15(27(40,41)42)2-16(8-22)28(43,44)45,23-9-17(29(46,47)48)3-18(10-23)30(49,50)51)24-11-19(31(52,53)54)4-20(12-24)32(55,56)57;16-14(17)10-12-6-8-15(9-7-12)11-13-4-2-1-3-5-13/h1-12H;1-9H,10-11H2/q-1;/p+1. The van der Waals surface area contributed by atoms with Crippen LogP contribution in [0.15, 0.2) is 128 Å². The second-order valence-corrected chi connectivity index (χ2v) is 16.2. The molecule has 0 spiro atoms. The molecule has 74 heavy (non-hydrogen) atoms. The highest BCUT2D eigenvalue weighted by molar-refractivity contribution is 7.20. The fourth-order valence-corrected chi connectivity index (χ4v) is 7.75. The van der Waals surface area contributed by atoms with Gasteiger partial charge in [0.2, 0.25) is 0 Å². The summed E-state index contributed by atoms with van der Waals surface area (Å²) in [5, 5.41) is 8.66. The molecule has 1 N–H and O–H groups in total. The van der Waals surface area contributed by atoms with Gasteiger partial charge < -0.3 is 5.11 Å². The smallest absolute Gasteiger partial charge is 0.416 e. The number of rotatable bonds is 8. The van der Waals surface area contributed by atoms with Gasteiger partial charge in [-0.3, -0.25) is 4.79 Å². The summed E-state index contributed by atoms with van der Waals surface area (Å²) in [7, 11) is 0. The summed E-state index contributed by atoms with van der Waals surface area (Å²) in [6.45, 7) is 0.800. The van der Waals surface area contributed by atoms with Gasteiger partial charge in [0.05, 0.1) is 50.9 Å². The molecule has 6 rings (SSSR count). The van der Waals surface area contributed by atoms with Crippen LogP contribution in [0.5, 0.6) is 0 Å². The van der Waals surface area contributed by atoms with Crippen molar-refractivity contribution in [1.29, 1.82) is 0 Å². The van der Waals surface area contributed by atoms with Crippen molar-refractivity contribution in [2.24, 2.45) is 0 Å². The van der Waals surface area contributed by atoms with Crippen molar-refractivity contribution < 1.29 is 120 Å². The van der Waals surface area contributed by atoms with Crippen molar-refractivity contribution in [3.05, 3.63) is 183 Å². The lowest BCUT2D eigenvalue weighted by molar-refractivity contribution is -0.688. The number of hydrogen-bond acceptors (Lipinski definition) is 1. The van der Waals surface area contributed by atoms with Crippen molar-refractivity contribution in [3.63, 3.8) is 0 Å². The van der Waals surface area contributed by atoms with Crippen LogP contribution in [0.1, 0.15) is 55.6 Å². The Balaban J connectivity index is 0.000000500. The molecule has 28 heteroatoms. The van der Waals surface area contributed by atoms with Crippen molar-refractivity contribution in [2.45, 2.75) is 62.4 Å². The van der Waals surface area contributed by atoms with E-state index in [9.17, 15) is 110 Å². The first-order valence-electron chi connectivity index (χ1n) is 20.1. The number of alkyl halides is 24. The van der Waals surface area contributed by atoms with E-state index in [0.717, 1.165) is 12.1 Å². The zero-order chi connectivity index (χ0) is 56.0. The summed E-state index contributed by atoms with van der Waals surface area (Å²) in [4.78, 5) is 10.5. The Labute approximate surface area is 399 Å². The first-order valence-corrected chi connectivity index (χ1v) is 20.1. The van der Waals surface area contributed by atoms with Gasteiger partial charge in [-0.25, -0.2) is 4.57 Å². The highest BCUT2D eigenvalue weighted by Gasteiger charge is 2.47. The summed E-state index contributed by atoms with van der Waals surface area (Å²) in [5.41, 5.74) is -28.2. The Kier molecular flexibility index (Phi) is 15.7. The zero-order valence-electron chi connectivity index (χ0n) is 36.0. The molecule has 0 saturated heterocycles. The summed E-state index contributed by atoms with van der Waals surface area (Å²) >= 11 is 0. The van der Waals surface area contributed by atoms with E-state index < -0.39 is 201 Å². The summed E-state index contributed by atoms with van der Waals surface area (Å²) in [5.74, 6) is -0.800. The van der Waals surface area contributed by atoms with E-state index in [1.807, 2.05) is 47.3 Å². The van der Waals surface area contributed by atoms with Gasteiger partial charge in [0.25, 0.3) is 0 Å². The minimum Gasteiger partial charge on any atom is -0.481 e. The topological polar surface area (TPSA) is 41.2 Å². The number of nitrogens with zero attached hydrogens (tertiary/aromatic N) is 1. The Bertz CT molecular complexity index is 2530. The van der Waals surface area contributed by atoms with E-state index in [2.05, 4.69) is 12.1 Å². The Morgan fingerprint density at radius 2 is 0.581 bits per heavy atom. The molecule has 0 aliphatic heterocycles. The van der Waals surface area contributed by atoms with E-state index in [-0.39, 0.29) is 6.42 Å². The van der Waals surface area contributed by atoms with Crippen molar-refractivity contribution in [1.82, 2.24) is 0 Å². The zero-order valence-corrected chi connectivity index (χ0v) is 36.0. The Morgan fingerprint density at radius 3 is 0.784 bits per heavy atom. The molecular formula is C46H26BF24NO2. The number of pyridine rings is 1. The third-order valence-corrected chi connectivity index (χ3v) is 11.0. The molecule has 0 atom stereocenters. The summed E-state index contributed by atoms with van der Waals surface area (Å²) in [6.07, 6.45) is -50.9. The highest BCUT2D eigenvalue weighted by atomic mass is 19.4. The van der Waals surface area contributed by atoms with Crippen LogP contribution >= 0.6 is 0 Å². The number of halogens is 24. The molecule has 0 aliphatic rings. The van der Waals surface area contributed by atoms with Gasteiger partial charge >= 0.3 is 55.4 Å². The maximum Gasteiger partial charge on any atom is 0.416 e. The van der Waals surface area contributed by atoms with Crippen LogP contribution in [-0.2, 0) is 67.2 Å². The normalized spacial score (nSPS) is 13.4. The summed E-state index contributed by atoms with van der Waals surface area (Å²) in [6, 6.07) is 5.02. The first-order chi connectivity index (χ1) is 33.5. The van der Waals surface area contributed by atoms with Crippen LogP contribution in [0.3, 0.4) is 0 Å². The monoisotopic (exact) mass is 1090 g/mol. The van der Waals surface area contributed by atoms with E-state index in [4.69, 9.17) is 5.11 Å². The van der Waals surface area contributed by atoms with Gasteiger partial charge in [-0.1, -0.05) is 78.9 Å². The van der Waals surface area contributed by atoms with Crippen LogP contribution in [0.25, 0.3) is 0 Å². The molecule has 0 amide bonds. The quantitative estimate of drug-likeness (QED) is 0.0937. The van der Waals surface area contributed by atoms with E-state index in [1.54, 1.807) is 0 Å². The third kappa shape index (κ3) is 13.8. The lowest BCUT2D eigenvalue weighted by atomic mass is 9.12. The number of aromatic nitrogens is 1. The van der Waals surface area contributed by atoms with Gasteiger partial charge in [-0.05, 0) is 29.8 Å². The predicted octanol–water partition coefficient (Wildman–Crippen LogP) is 12.9. The minimum absolute atomic E-state index is 0.0756. The molecule has 0 saturated carbocycles. The number of carboxylic acids is 1. The molecule has 0 bridgehead atoms. The van der Waals surface area contributed by atoms with Gasteiger partial charge in [0.15, 0.2) is 18.9 Å². The van der Waals surface area contributed by atoms with Crippen LogP contribution in [0, 0.1) is 0 Å². The second kappa shape index (κ2) is 20.1. The molecule has 0 unspecified atom stereocenters.